The molecule has 0 bridgehead atoms. The lowest BCUT2D eigenvalue weighted by Crippen LogP contribution is -2.28. The highest BCUT2D eigenvalue weighted by atomic mass is 32.2. The van der Waals surface area contributed by atoms with Crippen LogP contribution in [0.2, 0.25) is 0 Å². The van der Waals surface area contributed by atoms with Crippen molar-refractivity contribution in [3.63, 3.8) is 0 Å². The zero-order valence-corrected chi connectivity index (χ0v) is 16.7. The maximum absolute atomic E-state index is 12.8. The minimum Gasteiger partial charge on any atom is -0.266 e. The molecule has 1 aliphatic carbocycles. The number of aromatic nitrogens is 2. The van der Waals surface area contributed by atoms with E-state index in [1.165, 1.54) is 34.3 Å². The molecule has 1 aromatic carbocycles. The number of rotatable bonds is 3. The standard InChI is InChI=1S/C18H14F3N5OS2/c1-25-14-8-23-26(13-4-5-13)16(27)15(14)29-17(24-25)28-9-10-2-3-12(18(19,20)21)6-11(10)7-22/h2-3,6,8,13H,4-5,9H2,1H3. The Morgan fingerprint density at radius 3 is 2.79 bits per heavy atom. The Labute approximate surface area is 172 Å². The van der Waals surface area contributed by atoms with Crippen molar-refractivity contribution in [1.82, 2.24) is 9.78 Å². The molecule has 6 nitrogen and oxygen atoms in total. The number of halogens is 3. The van der Waals surface area contributed by atoms with Gasteiger partial charge in [0.1, 0.15) is 4.90 Å². The molecule has 0 atom stereocenters. The third kappa shape index (κ3) is 4.00. The van der Waals surface area contributed by atoms with Crippen molar-refractivity contribution in [2.45, 2.75) is 35.7 Å². The maximum atomic E-state index is 12.8. The van der Waals surface area contributed by atoms with Crippen LogP contribution in [-0.2, 0) is 11.9 Å². The molecule has 0 radical (unpaired) electrons. The maximum Gasteiger partial charge on any atom is 0.416 e. The summed E-state index contributed by atoms with van der Waals surface area (Å²) in [6, 6.07) is 5.11. The van der Waals surface area contributed by atoms with Gasteiger partial charge in [0.05, 0.1) is 35.1 Å². The fourth-order valence-electron chi connectivity index (χ4n) is 2.81. The molecule has 1 saturated carbocycles. The van der Waals surface area contributed by atoms with Crippen molar-refractivity contribution in [2.75, 3.05) is 12.1 Å². The lowest BCUT2D eigenvalue weighted by molar-refractivity contribution is -0.137. The first-order chi connectivity index (χ1) is 13.8. The highest BCUT2D eigenvalue weighted by Gasteiger charge is 2.32. The summed E-state index contributed by atoms with van der Waals surface area (Å²) >= 11 is 2.49. The van der Waals surface area contributed by atoms with Gasteiger partial charge in [0.2, 0.25) is 0 Å². The monoisotopic (exact) mass is 437 g/mol. The zero-order valence-electron chi connectivity index (χ0n) is 15.1. The first-order valence-electron chi connectivity index (χ1n) is 8.63. The van der Waals surface area contributed by atoms with Crippen LogP contribution in [0.25, 0.3) is 0 Å². The van der Waals surface area contributed by atoms with E-state index in [9.17, 15) is 23.2 Å². The van der Waals surface area contributed by atoms with E-state index in [0.29, 0.717) is 20.5 Å². The van der Waals surface area contributed by atoms with Crippen molar-refractivity contribution in [2.24, 2.45) is 5.10 Å². The number of hydrogen-bond acceptors (Lipinski definition) is 7. The predicted octanol–water partition coefficient (Wildman–Crippen LogP) is 4.21. The molecule has 0 saturated heterocycles. The number of alkyl halides is 3. The van der Waals surface area contributed by atoms with Gasteiger partial charge < -0.3 is 0 Å². The molecule has 1 aliphatic heterocycles. The molecule has 2 aromatic rings. The Kier molecular flexibility index (Phi) is 5.08. The van der Waals surface area contributed by atoms with Crippen LogP contribution in [-0.4, -0.2) is 21.2 Å². The normalized spacial score (nSPS) is 16.2. The van der Waals surface area contributed by atoms with Crippen LogP contribution in [0.3, 0.4) is 0 Å². The summed E-state index contributed by atoms with van der Waals surface area (Å²) in [7, 11) is 1.71. The molecule has 0 amide bonds. The summed E-state index contributed by atoms with van der Waals surface area (Å²) in [5.41, 5.74) is 0.0553. The highest BCUT2D eigenvalue weighted by molar-refractivity contribution is 8.38. The molecule has 0 spiro atoms. The third-order valence-corrected chi connectivity index (χ3v) is 6.74. The van der Waals surface area contributed by atoms with Gasteiger partial charge in [0.15, 0.2) is 4.38 Å². The van der Waals surface area contributed by atoms with Gasteiger partial charge in [-0.25, -0.2) is 4.68 Å². The number of hydrogen-bond donors (Lipinski definition) is 0. The van der Waals surface area contributed by atoms with E-state index in [4.69, 9.17) is 0 Å². The fraction of sp³-hybridized carbons (Fsp3) is 0.333. The third-order valence-electron chi connectivity index (χ3n) is 4.51. The second-order valence-corrected chi connectivity index (χ2v) is 8.82. The van der Waals surface area contributed by atoms with E-state index < -0.39 is 11.7 Å². The number of benzene rings is 1. The van der Waals surface area contributed by atoms with Gasteiger partial charge in [-0.15, -0.1) is 0 Å². The van der Waals surface area contributed by atoms with E-state index in [1.807, 2.05) is 6.07 Å². The van der Waals surface area contributed by atoms with Crippen LogP contribution in [0.15, 0.2) is 39.2 Å². The fourth-order valence-corrected chi connectivity index (χ4v) is 4.99. The van der Waals surface area contributed by atoms with Gasteiger partial charge in [-0.05, 0) is 30.5 Å². The summed E-state index contributed by atoms with van der Waals surface area (Å²) in [5, 5.41) is 19.4. The van der Waals surface area contributed by atoms with Gasteiger partial charge in [-0.2, -0.15) is 28.6 Å². The second kappa shape index (κ2) is 7.42. The lowest BCUT2D eigenvalue weighted by atomic mass is 10.1. The van der Waals surface area contributed by atoms with Crippen LogP contribution in [0.4, 0.5) is 18.9 Å². The average Bonchev–Trinajstić information content (AvgIpc) is 3.51. The molecule has 150 valence electrons. The first-order valence-corrected chi connectivity index (χ1v) is 10.4. The molecule has 2 heterocycles. The van der Waals surface area contributed by atoms with Gasteiger partial charge in [0.25, 0.3) is 5.56 Å². The van der Waals surface area contributed by atoms with Gasteiger partial charge in [-0.1, -0.05) is 29.6 Å². The van der Waals surface area contributed by atoms with Crippen LogP contribution in [0.1, 0.15) is 35.6 Å². The average molecular weight is 437 g/mol. The predicted molar refractivity (Wildman–Crippen MR) is 106 cm³/mol. The van der Waals surface area contributed by atoms with E-state index in [1.54, 1.807) is 18.3 Å². The van der Waals surface area contributed by atoms with Gasteiger partial charge >= 0.3 is 6.18 Å². The van der Waals surface area contributed by atoms with E-state index in [0.717, 1.165) is 25.0 Å². The minimum atomic E-state index is -4.50. The summed E-state index contributed by atoms with van der Waals surface area (Å²) in [6.45, 7) is 0. The summed E-state index contributed by atoms with van der Waals surface area (Å²) in [6.07, 6.45) is -1.00. The molecule has 1 fully saturated rings. The summed E-state index contributed by atoms with van der Waals surface area (Å²) in [4.78, 5) is 13.3. The van der Waals surface area contributed by atoms with Crippen LogP contribution < -0.4 is 10.6 Å². The van der Waals surface area contributed by atoms with Crippen molar-refractivity contribution in [1.29, 1.82) is 5.26 Å². The summed E-state index contributed by atoms with van der Waals surface area (Å²) < 4.78 is 40.6. The minimum absolute atomic E-state index is 0.0252. The molecular formula is C18H14F3N5OS2. The van der Waals surface area contributed by atoms with E-state index in [-0.39, 0.29) is 22.9 Å². The van der Waals surface area contributed by atoms with Crippen molar-refractivity contribution in [3.05, 3.63) is 51.4 Å². The first kappa shape index (κ1) is 19.8. The zero-order chi connectivity index (χ0) is 20.8. The molecule has 0 N–H and O–H groups in total. The Bertz CT molecular complexity index is 1100. The van der Waals surface area contributed by atoms with Crippen LogP contribution in [0, 0.1) is 11.3 Å². The molecule has 29 heavy (non-hydrogen) atoms. The molecule has 2 aliphatic rings. The number of fused-ring (bicyclic) bond motifs is 1. The van der Waals surface area contributed by atoms with E-state index in [2.05, 4.69) is 10.2 Å². The number of nitriles is 1. The molecular weight excluding hydrogens is 423 g/mol. The smallest absolute Gasteiger partial charge is 0.266 e. The molecule has 11 heteroatoms. The lowest BCUT2D eigenvalue weighted by Gasteiger charge is -2.23. The SMILES string of the molecule is CN1N=C(SCc2ccc(C(F)(F)F)cc2C#N)Sc2c1cnn(C1CC1)c2=O. The second-order valence-electron chi connectivity index (χ2n) is 6.60. The Balaban J connectivity index is 1.54. The Morgan fingerprint density at radius 1 is 1.38 bits per heavy atom. The molecule has 0 unspecified atom stereocenters. The number of hydrazone groups is 1. The Hall–Kier alpha value is -2.45. The van der Waals surface area contributed by atoms with Crippen LogP contribution >= 0.6 is 23.5 Å². The topological polar surface area (TPSA) is 74.3 Å². The van der Waals surface area contributed by atoms with Crippen molar-refractivity contribution >= 4 is 33.6 Å². The quantitative estimate of drug-likeness (QED) is 0.716. The molecule has 4 rings (SSSR count). The largest absolute Gasteiger partial charge is 0.416 e. The number of thioether (sulfide) groups is 2. The molecule has 1 aromatic heterocycles. The van der Waals surface area contributed by atoms with E-state index >= 15 is 0 Å². The van der Waals surface area contributed by atoms with Gasteiger partial charge in [0, 0.05) is 12.8 Å². The Morgan fingerprint density at radius 2 is 2.14 bits per heavy atom. The van der Waals surface area contributed by atoms with Crippen molar-refractivity contribution in [3.8, 4) is 6.07 Å². The van der Waals surface area contributed by atoms with Crippen molar-refractivity contribution < 1.29 is 13.2 Å². The summed E-state index contributed by atoms with van der Waals surface area (Å²) in [5.74, 6) is 0.262. The van der Waals surface area contributed by atoms with Crippen LogP contribution in [0.5, 0.6) is 0 Å². The highest BCUT2D eigenvalue weighted by Crippen LogP contribution is 2.39. The van der Waals surface area contributed by atoms with Gasteiger partial charge in [-0.3, -0.25) is 9.80 Å². The number of nitrogens with zero attached hydrogens (tertiary/aromatic N) is 5. The number of anilines is 1.